The number of nitrogens with two attached hydrogens (primary N) is 1. The van der Waals surface area contributed by atoms with Crippen LogP contribution >= 0.6 is 0 Å². The van der Waals surface area contributed by atoms with Crippen LogP contribution in [0.3, 0.4) is 0 Å². The third-order valence-corrected chi connectivity index (χ3v) is 5.66. The van der Waals surface area contributed by atoms with Gasteiger partial charge in [0.15, 0.2) is 0 Å². The van der Waals surface area contributed by atoms with E-state index in [2.05, 4.69) is 42.2 Å². The van der Waals surface area contributed by atoms with E-state index in [1.54, 1.807) is 0 Å². The van der Waals surface area contributed by atoms with E-state index >= 15 is 0 Å². The van der Waals surface area contributed by atoms with Gasteiger partial charge in [-0.05, 0) is 56.0 Å². The smallest absolute Gasteiger partial charge is 0.0332 e. The van der Waals surface area contributed by atoms with Gasteiger partial charge in [-0.15, -0.1) is 0 Å². The lowest BCUT2D eigenvalue weighted by Crippen LogP contribution is -2.54. The standard InChI is InChI=1S/C18H28N2/c1-15-9-12-20(13-15)18(14-19)10-7-17(8-11-18)16-5-3-2-4-6-16/h2-6,15,17H,7-14,19H2,1H3. The average molecular weight is 272 g/mol. The van der Waals surface area contributed by atoms with Crippen LogP contribution in [0, 0.1) is 5.92 Å². The Kier molecular flexibility index (Phi) is 4.13. The summed E-state index contributed by atoms with van der Waals surface area (Å²) in [5.74, 6) is 1.60. The molecule has 1 aromatic carbocycles. The topological polar surface area (TPSA) is 29.3 Å². The highest BCUT2D eigenvalue weighted by molar-refractivity contribution is 5.21. The van der Waals surface area contributed by atoms with Gasteiger partial charge in [-0.1, -0.05) is 37.3 Å². The number of nitrogens with zero attached hydrogens (tertiary/aromatic N) is 1. The van der Waals surface area contributed by atoms with Crippen LogP contribution < -0.4 is 5.73 Å². The summed E-state index contributed by atoms with van der Waals surface area (Å²) in [6.45, 7) is 5.72. The van der Waals surface area contributed by atoms with Crippen LogP contribution in [0.2, 0.25) is 0 Å². The van der Waals surface area contributed by atoms with Crippen molar-refractivity contribution in [3.8, 4) is 0 Å². The monoisotopic (exact) mass is 272 g/mol. The van der Waals surface area contributed by atoms with Crippen LogP contribution in [0.4, 0.5) is 0 Å². The molecule has 2 nitrogen and oxygen atoms in total. The Morgan fingerprint density at radius 3 is 2.40 bits per heavy atom. The van der Waals surface area contributed by atoms with Crippen molar-refractivity contribution in [2.75, 3.05) is 19.6 Å². The van der Waals surface area contributed by atoms with E-state index in [-0.39, 0.29) is 0 Å². The molecule has 1 aliphatic heterocycles. The summed E-state index contributed by atoms with van der Waals surface area (Å²) >= 11 is 0. The van der Waals surface area contributed by atoms with Gasteiger partial charge in [-0.25, -0.2) is 0 Å². The molecule has 3 rings (SSSR count). The number of benzene rings is 1. The molecule has 0 bridgehead atoms. The normalized spacial score (nSPS) is 35.3. The van der Waals surface area contributed by atoms with Gasteiger partial charge in [-0.2, -0.15) is 0 Å². The van der Waals surface area contributed by atoms with Crippen molar-refractivity contribution in [1.29, 1.82) is 0 Å². The Hall–Kier alpha value is -0.860. The minimum atomic E-state index is 0.302. The Labute approximate surface area is 123 Å². The van der Waals surface area contributed by atoms with Crippen molar-refractivity contribution in [2.24, 2.45) is 11.7 Å². The SMILES string of the molecule is CC1CCN(C2(CN)CCC(c3ccccc3)CC2)C1. The third kappa shape index (κ3) is 2.64. The molecular formula is C18H28N2. The van der Waals surface area contributed by atoms with Crippen LogP contribution in [0.15, 0.2) is 30.3 Å². The lowest BCUT2D eigenvalue weighted by Gasteiger charge is -2.46. The molecule has 2 heteroatoms. The van der Waals surface area contributed by atoms with Crippen molar-refractivity contribution in [2.45, 2.75) is 50.5 Å². The molecule has 0 aromatic heterocycles. The van der Waals surface area contributed by atoms with E-state index in [0.29, 0.717) is 5.54 Å². The molecule has 1 saturated heterocycles. The maximum atomic E-state index is 6.21. The molecule has 2 fully saturated rings. The molecule has 1 unspecified atom stereocenters. The Balaban J connectivity index is 1.67. The van der Waals surface area contributed by atoms with Crippen molar-refractivity contribution in [3.05, 3.63) is 35.9 Å². The average Bonchev–Trinajstić information content (AvgIpc) is 2.95. The van der Waals surface area contributed by atoms with Gasteiger partial charge in [-0.3, -0.25) is 4.90 Å². The molecule has 1 atom stereocenters. The summed E-state index contributed by atoms with van der Waals surface area (Å²) in [5, 5.41) is 0. The Bertz CT molecular complexity index is 420. The fraction of sp³-hybridized carbons (Fsp3) is 0.667. The zero-order valence-corrected chi connectivity index (χ0v) is 12.7. The zero-order valence-electron chi connectivity index (χ0n) is 12.7. The molecule has 1 aromatic rings. The summed E-state index contributed by atoms with van der Waals surface area (Å²) in [4.78, 5) is 2.71. The summed E-state index contributed by atoms with van der Waals surface area (Å²) in [6, 6.07) is 11.0. The minimum Gasteiger partial charge on any atom is -0.329 e. The first-order valence-electron chi connectivity index (χ1n) is 8.23. The highest BCUT2D eigenvalue weighted by atomic mass is 15.2. The summed E-state index contributed by atoms with van der Waals surface area (Å²) in [6.07, 6.45) is 6.49. The second-order valence-corrected chi connectivity index (χ2v) is 6.95. The van der Waals surface area contributed by atoms with Crippen molar-refractivity contribution in [3.63, 3.8) is 0 Å². The Morgan fingerprint density at radius 2 is 1.85 bits per heavy atom. The van der Waals surface area contributed by atoms with Crippen molar-refractivity contribution >= 4 is 0 Å². The molecular weight excluding hydrogens is 244 g/mol. The predicted molar refractivity (Wildman–Crippen MR) is 84.8 cm³/mol. The highest BCUT2D eigenvalue weighted by Gasteiger charge is 2.41. The second kappa shape index (κ2) is 5.87. The first-order chi connectivity index (χ1) is 9.73. The van der Waals surface area contributed by atoms with Gasteiger partial charge >= 0.3 is 0 Å². The van der Waals surface area contributed by atoms with E-state index in [1.165, 1.54) is 50.8 Å². The maximum absolute atomic E-state index is 6.21. The number of hydrogen-bond donors (Lipinski definition) is 1. The first-order valence-corrected chi connectivity index (χ1v) is 8.23. The van der Waals surface area contributed by atoms with E-state index < -0.39 is 0 Å². The van der Waals surface area contributed by atoms with Gasteiger partial charge in [0.2, 0.25) is 0 Å². The molecule has 2 N–H and O–H groups in total. The number of rotatable bonds is 3. The zero-order chi connectivity index (χ0) is 14.0. The molecule has 0 spiro atoms. The van der Waals surface area contributed by atoms with Crippen LogP contribution in [0.1, 0.15) is 50.5 Å². The molecule has 1 saturated carbocycles. The van der Waals surface area contributed by atoms with Gasteiger partial charge in [0, 0.05) is 18.6 Å². The molecule has 1 aliphatic carbocycles. The van der Waals surface area contributed by atoms with Crippen LogP contribution in [-0.2, 0) is 0 Å². The van der Waals surface area contributed by atoms with E-state index in [0.717, 1.165) is 18.4 Å². The molecule has 0 radical (unpaired) electrons. The summed E-state index contributed by atoms with van der Waals surface area (Å²) in [5.41, 5.74) is 8.03. The summed E-state index contributed by atoms with van der Waals surface area (Å²) in [7, 11) is 0. The van der Waals surface area contributed by atoms with Gasteiger partial charge in [0.25, 0.3) is 0 Å². The molecule has 1 heterocycles. The van der Waals surface area contributed by atoms with E-state index in [4.69, 9.17) is 5.73 Å². The van der Waals surface area contributed by atoms with Gasteiger partial charge < -0.3 is 5.73 Å². The molecule has 0 amide bonds. The maximum Gasteiger partial charge on any atom is 0.0332 e. The lowest BCUT2D eigenvalue weighted by atomic mass is 9.73. The van der Waals surface area contributed by atoms with Crippen molar-refractivity contribution in [1.82, 2.24) is 4.90 Å². The lowest BCUT2D eigenvalue weighted by molar-refractivity contribution is 0.0713. The van der Waals surface area contributed by atoms with Crippen LogP contribution in [0.5, 0.6) is 0 Å². The van der Waals surface area contributed by atoms with Gasteiger partial charge in [0.1, 0.15) is 0 Å². The quantitative estimate of drug-likeness (QED) is 0.914. The summed E-state index contributed by atoms with van der Waals surface area (Å²) < 4.78 is 0. The molecule has 2 aliphatic rings. The van der Waals surface area contributed by atoms with Crippen LogP contribution in [0.25, 0.3) is 0 Å². The van der Waals surface area contributed by atoms with E-state index in [1.807, 2.05) is 0 Å². The fourth-order valence-electron chi connectivity index (χ4n) is 4.23. The largest absolute Gasteiger partial charge is 0.329 e. The second-order valence-electron chi connectivity index (χ2n) is 6.95. The number of likely N-dealkylation sites (tertiary alicyclic amines) is 1. The fourth-order valence-corrected chi connectivity index (χ4v) is 4.23. The highest BCUT2D eigenvalue weighted by Crippen LogP contribution is 2.42. The molecule has 20 heavy (non-hydrogen) atoms. The minimum absolute atomic E-state index is 0.302. The Morgan fingerprint density at radius 1 is 1.15 bits per heavy atom. The number of hydrogen-bond acceptors (Lipinski definition) is 2. The molecule has 110 valence electrons. The first kappa shape index (κ1) is 14.1. The van der Waals surface area contributed by atoms with Crippen molar-refractivity contribution < 1.29 is 0 Å². The van der Waals surface area contributed by atoms with Gasteiger partial charge in [0.05, 0.1) is 0 Å². The van der Waals surface area contributed by atoms with E-state index in [9.17, 15) is 0 Å². The predicted octanol–water partition coefficient (Wildman–Crippen LogP) is 3.38. The van der Waals surface area contributed by atoms with Crippen LogP contribution in [-0.4, -0.2) is 30.1 Å². The third-order valence-electron chi connectivity index (χ3n) is 5.66.